The lowest BCUT2D eigenvalue weighted by molar-refractivity contribution is 0.296. The molecule has 0 unspecified atom stereocenters. The molecular weight excluding hydrogens is 192 g/mol. The van der Waals surface area contributed by atoms with Crippen molar-refractivity contribution in [2.24, 2.45) is 0 Å². The number of ether oxygens (including phenoxy) is 1. The minimum Gasteiger partial charge on any atom is -0.364 e. The minimum absolute atomic E-state index is 0.146. The lowest BCUT2D eigenvalue weighted by atomic mass is 10.0. The van der Waals surface area contributed by atoms with Crippen molar-refractivity contribution in [3.05, 3.63) is 0 Å². The van der Waals surface area contributed by atoms with E-state index in [0.717, 1.165) is 0 Å². The van der Waals surface area contributed by atoms with E-state index in [1.807, 2.05) is 0 Å². The van der Waals surface area contributed by atoms with Gasteiger partial charge < -0.3 is 4.74 Å². The molecule has 84 valence electrons. The first kappa shape index (κ1) is 12.4. The molecule has 0 N–H and O–H groups in total. The van der Waals surface area contributed by atoms with E-state index in [9.17, 15) is 0 Å². The van der Waals surface area contributed by atoms with Crippen LogP contribution < -0.4 is 0 Å². The van der Waals surface area contributed by atoms with Crippen LogP contribution in [0.2, 0.25) is 0 Å². The van der Waals surface area contributed by atoms with Gasteiger partial charge in [0.1, 0.15) is 0 Å². The summed E-state index contributed by atoms with van der Waals surface area (Å²) in [6.45, 7) is 17.6. The molecule has 0 bridgehead atoms. The molecule has 2 aliphatic rings. The topological polar surface area (TPSA) is 12.5 Å². The van der Waals surface area contributed by atoms with Gasteiger partial charge in [-0.2, -0.15) is 0 Å². The summed E-state index contributed by atoms with van der Waals surface area (Å²) in [4.78, 5) is 0. The van der Waals surface area contributed by atoms with Crippen molar-refractivity contribution in [2.45, 2.75) is 76.1 Å². The SMILES string of the molecule is CC1(C)OC1(C)C.CC1(C)SC1(C)C. The van der Waals surface area contributed by atoms with Gasteiger partial charge in [0.25, 0.3) is 0 Å². The molecule has 2 heterocycles. The van der Waals surface area contributed by atoms with Crippen LogP contribution in [0.25, 0.3) is 0 Å². The molecule has 1 nitrogen and oxygen atoms in total. The van der Waals surface area contributed by atoms with Crippen LogP contribution in [0, 0.1) is 0 Å². The first-order chi connectivity index (χ1) is 5.91. The lowest BCUT2D eigenvalue weighted by Gasteiger charge is -2.00. The molecule has 0 saturated carbocycles. The Kier molecular flexibility index (Phi) is 2.58. The smallest absolute Gasteiger partial charge is 0.0918 e. The van der Waals surface area contributed by atoms with Crippen molar-refractivity contribution in [1.29, 1.82) is 0 Å². The predicted molar refractivity (Wildman–Crippen MR) is 65.0 cm³/mol. The van der Waals surface area contributed by atoms with E-state index in [1.54, 1.807) is 0 Å². The first-order valence-corrected chi connectivity index (χ1v) is 6.13. The van der Waals surface area contributed by atoms with Crippen LogP contribution >= 0.6 is 11.8 Å². The summed E-state index contributed by atoms with van der Waals surface area (Å²) < 4.78 is 6.42. The highest BCUT2D eigenvalue weighted by Crippen LogP contribution is 2.62. The Balaban J connectivity index is 0.000000140. The summed E-state index contributed by atoms with van der Waals surface area (Å²) in [5.74, 6) is 0. The maximum absolute atomic E-state index is 5.29. The third-order valence-corrected chi connectivity index (χ3v) is 5.67. The second kappa shape index (κ2) is 2.91. The van der Waals surface area contributed by atoms with Gasteiger partial charge in [0.15, 0.2) is 0 Å². The van der Waals surface area contributed by atoms with Gasteiger partial charge >= 0.3 is 0 Å². The van der Waals surface area contributed by atoms with Gasteiger partial charge in [0.05, 0.1) is 11.2 Å². The molecular formula is C12H24OS. The van der Waals surface area contributed by atoms with Gasteiger partial charge in [-0.05, 0) is 55.4 Å². The molecule has 0 spiro atoms. The van der Waals surface area contributed by atoms with Crippen molar-refractivity contribution < 1.29 is 4.74 Å². The Morgan fingerprint density at radius 1 is 0.643 bits per heavy atom. The maximum Gasteiger partial charge on any atom is 0.0918 e. The van der Waals surface area contributed by atoms with Gasteiger partial charge in [-0.15, -0.1) is 11.8 Å². The monoisotopic (exact) mass is 216 g/mol. The largest absolute Gasteiger partial charge is 0.364 e. The molecule has 2 rings (SSSR count). The minimum atomic E-state index is 0.146. The van der Waals surface area contributed by atoms with E-state index in [0.29, 0.717) is 9.49 Å². The van der Waals surface area contributed by atoms with E-state index in [-0.39, 0.29) is 11.2 Å². The molecule has 0 radical (unpaired) electrons. The number of hydrogen-bond acceptors (Lipinski definition) is 2. The van der Waals surface area contributed by atoms with Crippen LogP contribution in [0.3, 0.4) is 0 Å². The highest BCUT2D eigenvalue weighted by Gasteiger charge is 2.56. The molecule has 2 fully saturated rings. The van der Waals surface area contributed by atoms with Crippen molar-refractivity contribution in [1.82, 2.24) is 0 Å². The zero-order valence-corrected chi connectivity index (χ0v) is 11.6. The Morgan fingerprint density at radius 3 is 0.786 bits per heavy atom. The number of thioether (sulfide) groups is 1. The van der Waals surface area contributed by atoms with Gasteiger partial charge in [0.2, 0.25) is 0 Å². The van der Waals surface area contributed by atoms with E-state index in [4.69, 9.17) is 4.74 Å². The third kappa shape index (κ3) is 2.27. The van der Waals surface area contributed by atoms with Gasteiger partial charge in [-0.25, -0.2) is 0 Å². The summed E-state index contributed by atoms with van der Waals surface area (Å²) in [6.07, 6.45) is 0. The van der Waals surface area contributed by atoms with Crippen molar-refractivity contribution >= 4 is 11.8 Å². The quantitative estimate of drug-likeness (QED) is 0.570. The standard InChI is InChI=1S/C6H12O.C6H12S/c2*1-5(2)6(3,4)7-5/h2*1-4H3. The van der Waals surface area contributed by atoms with Crippen LogP contribution in [-0.4, -0.2) is 20.7 Å². The number of rotatable bonds is 0. The van der Waals surface area contributed by atoms with E-state index < -0.39 is 0 Å². The summed E-state index contributed by atoms with van der Waals surface area (Å²) in [5, 5.41) is 0. The second-order valence-electron chi connectivity index (χ2n) is 6.25. The molecule has 0 aromatic carbocycles. The predicted octanol–water partition coefficient (Wildman–Crippen LogP) is 3.86. The van der Waals surface area contributed by atoms with Gasteiger partial charge in [-0.3, -0.25) is 0 Å². The normalized spacial score (nSPS) is 32.6. The maximum atomic E-state index is 5.29. The average molecular weight is 216 g/mol. The Hall–Kier alpha value is 0.310. The zero-order chi connectivity index (χ0) is 11.4. The molecule has 2 saturated heterocycles. The summed E-state index contributed by atoms with van der Waals surface area (Å²) in [5.41, 5.74) is 0.292. The van der Waals surface area contributed by atoms with Crippen LogP contribution in [0.4, 0.5) is 0 Å². The summed E-state index contributed by atoms with van der Waals surface area (Å²) in [6, 6.07) is 0. The highest BCUT2D eigenvalue weighted by atomic mass is 32.2. The lowest BCUT2D eigenvalue weighted by Crippen LogP contribution is -2.10. The zero-order valence-electron chi connectivity index (χ0n) is 10.8. The van der Waals surface area contributed by atoms with Crippen LogP contribution in [0.5, 0.6) is 0 Å². The average Bonchev–Trinajstić information content (AvgIpc) is 2.41. The molecule has 0 aromatic rings. The van der Waals surface area contributed by atoms with Crippen LogP contribution in [0.1, 0.15) is 55.4 Å². The fourth-order valence-electron chi connectivity index (χ4n) is 1.22. The Bertz CT molecular complexity index is 189. The molecule has 2 aliphatic heterocycles. The first-order valence-electron chi connectivity index (χ1n) is 5.32. The van der Waals surface area contributed by atoms with Crippen molar-refractivity contribution in [3.8, 4) is 0 Å². The van der Waals surface area contributed by atoms with Crippen LogP contribution in [-0.2, 0) is 4.74 Å². The van der Waals surface area contributed by atoms with Gasteiger partial charge in [0, 0.05) is 9.49 Å². The Morgan fingerprint density at radius 2 is 0.786 bits per heavy atom. The molecule has 14 heavy (non-hydrogen) atoms. The summed E-state index contributed by atoms with van der Waals surface area (Å²) in [7, 11) is 0. The molecule has 0 aliphatic carbocycles. The molecule has 0 amide bonds. The second-order valence-corrected chi connectivity index (χ2v) is 8.49. The highest BCUT2D eigenvalue weighted by molar-refractivity contribution is 8.09. The van der Waals surface area contributed by atoms with E-state index in [1.165, 1.54) is 0 Å². The van der Waals surface area contributed by atoms with Crippen molar-refractivity contribution in [3.63, 3.8) is 0 Å². The fourth-order valence-corrected chi connectivity index (χ4v) is 2.45. The van der Waals surface area contributed by atoms with Crippen molar-refractivity contribution in [2.75, 3.05) is 0 Å². The third-order valence-electron chi connectivity index (χ3n) is 3.84. The summed E-state index contributed by atoms with van der Waals surface area (Å²) >= 11 is 2.05. The molecule has 2 heteroatoms. The van der Waals surface area contributed by atoms with E-state index in [2.05, 4.69) is 67.2 Å². The van der Waals surface area contributed by atoms with Crippen LogP contribution in [0.15, 0.2) is 0 Å². The van der Waals surface area contributed by atoms with Gasteiger partial charge in [-0.1, -0.05) is 0 Å². The molecule has 0 atom stereocenters. The number of hydrogen-bond donors (Lipinski definition) is 0. The number of epoxide rings is 1. The van der Waals surface area contributed by atoms with E-state index >= 15 is 0 Å². The Labute approximate surface area is 93.0 Å². The fraction of sp³-hybridized carbons (Fsp3) is 1.00. The molecule has 0 aromatic heterocycles.